The van der Waals surface area contributed by atoms with Gasteiger partial charge in [0.1, 0.15) is 5.15 Å². The molecule has 1 fully saturated rings. The van der Waals surface area contributed by atoms with Gasteiger partial charge in [-0.05, 0) is 37.8 Å². The molecule has 1 aliphatic carbocycles. The lowest BCUT2D eigenvalue weighted by molar-refractivity contribution is 0.285. The summed E-state index contributed by atoms with van der Waals surface area (Å²) >= 11 is 5.80. The van der Waals surface area contributed by atoms with E-state index in [4.69, 9.17) is 11.6 Å². The van der Waals surface area contributed by atoms with Crippen molar-refractivity contribution < 1.29 is 0 Å². The molecule has 0 saturated heterocycles. The van der Waals surface area contributed by atoms with E-state index in [1.54, 1.807) is 6.20 Å². The van der Waals surface area contributed by atoms with Gasteiger partial charge in [-0.25, -0.2) is 4.98 Å². The van der Waals surface area contributed by atoms with E-state index in [0.717, 1.165) is 11.6 Å². The number of rotatable bonds is 3. The summed E-state index contributed by atoms with van der Waals surface area (Å²) in [7, 11) is 0. The van der Waals surface area contributed by atoms with Crippen LogP contribution < -0.4 is 5.32 Å². The Hall–Kier alpha value is -0.760. The molecule has 0 spiro atoms. The van der Waals surface area contributed by atoms with Crippen LogP contribution in [-0.2, 0) is 0 Å². The largest absolute Gasteiger partial charge is 0.382 e. The second kappa shape index (κ2) is 4.18. The van der Waals surface area contributed by atoms with Crippen molar-refractivity contribution in [2.75, 3.05) is 5.32 Å². The molecule has 1 N–H and O–H groups in total. The van der Waals surface area contributed by atoms with Gasteiger partial charge in [0.2, 0.25) is 0 Å². The number of pyridine rings is 1. The average Bonchev–Trinajstić information content (AvgIpc) is 1.99. The van der Waals surface area contributed by atoms with Crippen LogP contribution in [0.3, 0.4) is 0 Å². The van der Waals surface area contributed by atoms with Gasteiger partial charge >= 0.3 is 0 Å². The Kier molecular flexibility index (Phi) is 2.92. The third-order valence-electron chi connectivity index (χ3n) is 2.98. The topological polar surface area (TPSA) is 24.9 Å². The van der Waals surface area contributed by atoms with Crippen molar-refractivity contribution in [2.45, 2.75) is 32.2 Å². The fourth-order valence-corrected chi connectivity index (χ4v) is 1.99. The van der Waals surface area contributed by atoms with Crippen molar-refractivity contribution in [1.82, 2.24) is 4.98 Å². The van der Waals surface area contributed by atoms with E-state index in [9.17, 15) is 0 Å². The highest BCUT2D eigenvalue weighted by Crippen LogP contribution is 2.31. The zero-order valence-electron chi connectivity index (χ0n) is 8.33. The van der Waals surface area contributed by atoms with Gasteiger partial charge in [0.05, 0.1) is 0 Å². The molecule has 3 heteroatoms. The molecule has 1 unspecified atom stereocenters. The zero-order valence-corrected chi connectivity index (χ0v) is 9.09. The van der Waals surface area contributed by atoms with Crippen LogP contribution in [0.5, 0.6) is 0 Å². The maximum Gasteiger partial charge on any atom is 0.131 e. The van der Waals surface area contributed by atoms with Crippen LogP contribution in [-0.4, -0.2) is 11.0 Å². The molecule has 0 radical (unpaired) electrons. The van der Waals surface area contributed by atoms with Gasteiger partial charge in [0.25, 0.3) is 0 Å². The number of aromatic nitrogens is 1. The highest BCUT2D eigenvalue weighted by Gasteiger charge is 2.23. The van der Waals surface area contributed by atoms with Crippen molar-refractivity contribution in [1.29, 1.82) is 0 Å². The Bertz CT molecular complexity index is 310. The average molecular weight is 211 g/mol. The molecule has 14 heavy (non-hydrogen) atoms. The monoisotopic (exact) mass is 210 g/mol. The number of hydrogen-bond donors (Lipinski definition) is 1. The first-order valence-electron chi connectivity index (χ1n) is 5.14. The minimum absolute atomic E-state index is 0.544. The second-order valence-electron chi connectivity index (χ2n) is 3.99. The molecule has 2 rings (SSSR count). The Morgan fingerprint density at radius 3 is 2.93 bits per heavy atom. The summed E-state index contributed by atoms with van der Waals surface area (Å²) in [6.45, 7) is 2.23. The first-order chi connectivity index (χ1) is 6.75. The van der Waals surface area contributed by atoms with E-state index in [2.05, 4.69) is 17.2 Å². The lowest BCUT2D eigenvalue weighted by Gasteiger charge is -2.32. The van der Waals surface area contributed by atoms with Crippen LogP contribution >= 0.6 is 11.6 Å². The fourth-order valence-electron chi connectivity index (χ4n) is 1.81. The van der Waals surface area contributed by atoms with E-state index in [1.165, 1.54) is 19.3 Å². The van der Waals surface area contributed by atoms with E-state index in [1.807, 2.05) is 12.1 Å². The number of halogens is 1. The Labute approximate surface area is 89.7 Å². The molecule has 1 atom stereocenters. The molecule has 0 aliphatic heterocycles. The van der Waals surface area contributed by atoms with E-state index >= 15 is 0 Å². The predicted molar refractivity (Wildman–Crippen MR) is 59.7 cm³/mol. The van der Waals surface area contributed by atoms with Gasteiger partial charge in [-0.2, -0.15) is 0 Å². The van der Waals surface area contributed by atoms with Crippen molar-refractivity contribution in [3.05, 3.63) is 23.5 Å². The number of hydrogen-bond acceptors (Lipinski definition) is 2. The molecule has 0 amide bonds. The summed E-state index contributed by atoms with van der Waals surface area (Å²) in [5.41, 5.74) is 1.07. The van der Waals surface area contributed by atoms with Gasteiger partial charge < -0.3 is 5.32 Å². The van der Waals surface area contributed by atoms with Crippen molar-refractivity contribution in [3.63, 3.8) is 0 Å². The van der Waals surface area contributed by atoms with Crippen molar-refractivity contribution in [2.24, 2.45) is 5.92 Å². The van der Waals surface area contributed by atoms with Crippen LogP contribution in [0.1, 0.15) is 26.2 Å². The quantitative estimate of drug-likeness (QED) is 0.775. The lowest BCUT2D eigenvalue weighted by Crippen LogP contribution is -2.30. The molecule has 1 heterocycles. The van der Waals surface area contributed by atoms with Crippen molar-refractivity contribution in [3.8, 4) is 0 Å². The SMILES string of the molecule is CC(Nc1ccnc(Cl)c1)C1CCC1. The van der Waals surface area contributed by atoms with Crippen LogP contribution in [0.4, 0.5) is 5.69 Å². The van der Waals surface area contributed by atoms with Crippen LogP contribution in [0.2, 0.25) is 5.15 Å². The first-order valence-corrected chi connectivity index (χ1v) is 5.51. The van der Waals surface area contributed by atoms with E-state index < -0.39 is 0 Å². The minimum Gasteiger partial charge on any atom is -0.382 e. The smallest absolute Gasteiger partial charge is 0.131 e. The molecular formula is C11H15ClN2. The Morgan fingerprint density at radius 1 is 1.57 bits per heavy atom. The van der Waals surface area contributed by atoms with Crippen LogP contribution in [0, 0.1) is 5.92 Å². The van der Waals surface area contributed by atoms with Crippen LogP contribution in [0.15, 0.2) is 18.3 Å². The third kappa shape index (κ3) is 2.18. The van der Waals surface area contributed by atoms with Gasteiger partial charge in [0, 0.05) is 17.9 Å². The van der Waals surface area contributed by atoms with E-state index in [0.29, 0.717) is 11.2 Å². The molecule has 2 nitrogen and oxygen atoms in total. The summed E-state index contributed by atoms with van der Waals surface area (Å²) in [6.07, 6.45) is 5.83. The number of nitrogens with zero attached hydrogens (tertiary/aromatic N) is 1. The highest BCUT2D eigenvalue weighted by molar-refractivity contribution is 6.29. The van der Waals surface area contributed by atoms with Gasteiger partial charge in [-0.15, -0.1) is 0 Å². The molecule has 1 aliphatic rings. The molecule has 76 valence electrons. The molecule has 1 aromatic heterocycles. The maximum absolute atomic E-state index is 5.80. The first kappa shape index (κ1) is 9.78. The van der Waals surface area contributed by atoms with Crippen molar-refractivity contribution >= 4 is 17.3 Å². The highest BCUT2D eigenvalue weighted by atomic mass is 35.5. The number of nitrogens with one attached hydrogen (secondary N) is 1. The summed E-state index contributed by atoms with van der Waals surface area (Å²) < 4.78 is 0. The number of anilines is 1. The normalized spacial score (nSPS) is 18.7. The second-order valence-corrected chi connectivity index (χ2v) is 4.38. The van der Waals surface area contributed by atoms with Gasteiger partial charge in [0.15, 0.2) is 0 Å². The van der Waals surface area contributed by atoms with Gasteiger partial charge in [-0.3, -0.25) is 0 Å². The summed E-state index contributed by atoms with van der Waals surface area (Å²) in [4.78, 5) is 3.95. The lowest BCUT2D eigenvalue weighted by atomic mass is 9.80. The fraction of sp³-hybridized carbons (Fsp3) is 0.545. The molecule has 0 bridgehead atoms. The summed E-state index contributed by atoms with van der Waals surface area (Å²) in [5, 5.41) is 4.01. The summed E-state index contributed by atoms with van der Waals surface area (Å²) in [6, 6.07) is 4.37. The van der Waals surface area contributed by atoms with E-state index in [-0.39, 0.29) is 0 Å². The molecule has 0 aromatic carbocycles. The Balaban J connectivity index is 1.95. The van der Waals surface area contributed by atoms with Gasteiger partial charge in [-0.1, -0.05) is 18.0 Å². The van der Waals surface area contributed by atoms with Crippen LogP contribution in [0.25, 0.3) is 0 Å². The third-order valence-corrected chi connectivity index (χ3v) is 3.18. The maximum atomic E-state index is 5.80. The minimum atomic E-state index is 0.544. The zero-order chi connectivity index (χ0) is 9.97. The Morgan fingerprint density at radius 2 is 2.36 bits per heavy atom. The predicted octanol–water partition coefficient (Wildman–Crippen LogP) is 3.34. The molecular weight excluding hydrogens is 196 g/mol. The molecule has 1 saturated carbocycles. The standard InChI is InChI=1S/C11H15ClN2/c1-8(9-3-2-4-9)14-10-5-6-13-11(12)7-10/h5-9H,2-4H2,1H3,(H,13,14). The summed E-state index contributed by atoms with van der Waals surface area (Å²) in [5.74, 6) is 0.835. The molecule has 1 aromatic rings.